The van der Waals surface area contributed by atoms with Crippen LogP contribution in [-0.4, -0.2) is 36.6 Å². The maximum atomic E-state index is 12.1. The van der Waals surface area contributed by atoms with Gasteiger partial charge in [0.1, 0.15) is 18.1 Å². The quantitative estimate of drug-likeness (QED) is 0.850. The van der Waals surface area contributed by atoms with E-state index in [4.69, 9.17) is 9.47 Å². The number of likely N-dealkylation sites (tertiary alicyclic amines) is 1. The Bertz CT molecular complexity index is 514. The predicted molar refractivity (Wildman–Crippen MR) is 76.2 cm³/mol. The first-order valence-electron chi connectivity index (χ1n) is 7.29. The Morgan fingerprint density at radius 1 is 1.45 bits per heavy atom. The van der Waals surface area contributed by atoms with Gasteiger partial charge in [0, 0.05) is 24.9 Å². The molecule has 0 bridgehead atoms. The van der Waals surface area contributed by atoms with Crippen LogP contribution in [0.3, 0.4) is 0 Å². The fraction of sp³-hybridized carbons (Fsp3) is 0.562. The Balaban J connectivity index is 1.96. The van der Waals surface area contributed by atoms with Gasteiger partial charge in [0.25, 0.3) is 0 Å². The van der Waals surface area contributed by atoms with E-state index < -0.39 is 0 Å². The first kappa shape index (κ1) is 13.3. The van der Waals surface area contributed by atoms with E-state index in [0.29, 0.717) is 13.0 Å². The molecule has 1 aromatic rings. The summed E-state index contributed by atoms with van der Waals surface area (Å²) in [5.41, 5.74) is 0.923. The number of methoxy groups -OCH3 is 1. The van der Waals surface area contributed by atoms with Crippen molar-refractivity contribution in [2.75, 3.05) is 20.3 Å². The molecule has 0 saturated carbocycles. The molecular weight excluding hydrogens is 254 g/mol. The van der Waals surface area contributed by atoms with Crippen molar-refractivity contribution in [2.24, 2.45) is 0 Å². The number of rotatable bonds is 3. The minimum absolute atomic E-state index is 0.172. The average molecular weight is 275 g/mol. The number of amides is 1. The molecule has 4 nitrogen and oxygen atoms in total. The molecule has 2 heterocycles. The highest BCUT2D eigenvalue weighted by Gasteiger charge is 2.48. The smallest absolute Gasteiger partial charge is 0.223 e. The van der Waals surface area contributed by atoms with Crippen LogP contribution >= 0.6 is 0 Å². The molecule has 0 radical (unpaired) electrons. The summed E-state index contributed by atoms with van der Waals surface area (Å²) in [5.74, 6) is 2.01. The van der Waals surface area contributed by atoms with Crippen molar-refractivity contribution in [1.29, 1.82) is 0 Å². The first-order chi connectivity index (χ1) is 9.70. The molecule has 1 saturated heterocycles. The lowest BCUT2D eigenvalue weighted by molar-refractivity contribution is -0.132. The molecule has 20 heavy (non-hydrogen) atoms. The third-order valence-corrected chi connectivity index (χ3v) is 4.44. The van der Waals surface area contributed by atoms with Crippen molar-refractivity contribution < 1.29 is 14.3 Å². The Labute approximate surface area is 119 Å². The summed E-state index contributed by atoms with van der Waals surface area (Å²) in [4.78, 5) is 14.2. The lowest BCUT2D eigenvalue weighted by Crippen LogP contribution is -2.53. The molecule has 1 aromatic carbocycles. The van der Waals surface area contributed by atoms with E-state index in [1.54, 1.807) is 7.11 Å². The van der Waals surface area contributed by atoms with Gasteiger partial charge in [-0.25, -0.2) is 0 Å². The van der Waals surface area contributed by atoms with Gasteiger partial charge in [-0.05, 0) is 25.0 Å². The minimum Gasteiger partial charge on any atom is -0.496 e. The summed E-state index contributed by atoms with van der Waals surface area (Å²) >= 11 is 0. The highest BCUT2D eigenvalue weighted by molar-refractivity contribution is 5.80. The molecule has 108 valence electrons. The average Bonchev–Trinajstić information content (AvgIpc) is 2.76. The van der Waals surface area contributed by atoms with Crippen LogP contribution < -0.4 is 9.47 Å². The molecule has 0 aromatic heterocycles. The van der Waals surface area contributed by atoms with Gasteiger partial charge in [0.05, 0.1) is 12.6 Å². The SMILES string of the molecule is CCCN1C(=O)CC[C@]12COc1cccc(OC)c1C2. The van der Waals surface area contributed by atoms with Crippen LogP contribution in [0.4, 0.5) is 0 Å². The van der Waals surface area contributed by atoms with E-state index >= 15 is 0 Å². The van der Waals surface area contributed by atoms with Crippen molar-refractivity contribution >= 4 is 5.91 Å². The highest BCUT2D eigenvalue weighted by Crippen LogP contribution is 2.43. The monoisotopic (exact) mass is 275 g/mol. The molecular formula is C16H21NO3. The maximum absolute atomic E-state index is 12.1. The molecule has 0 aliphatic carbocycles. The van der Waals surface area contributed by atoms with Gasteiger partial charge in [-0.2, -0.15) is 0 Å². The number of nitrogens with zero attached hydrogens (tertiary/aromatic N) is 1. The minimum atomic E-state index is -0.172. The fourth-order valence-electron chi connectivity index (χ4n) is 3.43. The van der Waals surface area contributed by atoms with E-state index in [2.05, 4.69) is 6.92 Å². The zero-order chi connectivity index (χ0) is 14.2. The number of carbonyl (C=O) groups is 1. The second-order valence-electron chi connectivity index (χ2n) is 5.67. The van der Waals surface area contributed by atoms with Gasteiger partial charge in [-0.3, -0.25) is 4.79 Å². The van der Waals surface area contributed by atoms with Crippen molar-refractivity contribution in [1.82, 2.24) is 4.90 Å². The first-order valence-corrected chi connectivity index (χ1v) is 7.29. The standard InChI is InChI=1S/C16H21NO3/c1-3-9-17-15(18)7-8-16(17)10-12-13(19-2)5-4-6-14(12)20-11-16/h4-6H,3,7-11H2,1-2H3/t16-/m0/s1. The number of hydrogen-bond acceptors (Lipinski definition) is 3. The second kappa shape index (κ2) is 5.00. The van der Waals surface area contributed by atoms with Crippen molar-refractivity contribution in [2.45, 2.75) is 38.1 Å². The highest BCUT2D eigenvalue weighted by atomic mass is 16.5. The van der Waals surface area contributed by atoms with Gasteiger partial charge < -0.3 is 14.4 Å². The second-order valence-corrected chi connectivity index (χ2v) is 5.67. The topological polar surface area (TPSA) is 38.8 Å². The largest absolute Gasteiger partial charge is 0.496 e. The van der Waals surface area contributed by atoms with E-state index in [1.807, 2.05) is 23.1 Å². The van der Waals surface area contributed by atoms with Crippen LogP contribution in [0.25, 0.3) is 0 Å². The third kappa shape index (κ3) is 1.94. The molecule has 2 aliphatic rings. The van der Waals surface area contributed by atoms with Crippen molar-refractivity contribution in [3.05, 3.63) is 23.8 Å². The summed E-state index contributed by atoms with van der Waals surface area (Å²) in [6.45, 7) is 3.52. The number of hydrogen-bond donors (Lipinski definition) is 0. The van der Waals surface area contributed by atoms with Crippen molar-refractivity contribution in [3.8, 4) is 11.5 Å². The summed E-state index contributed by atoms with van der Waals surface area (Å²) in [6.07, 6.45) is 3.32. The Kier molecular flexibility index (Phi) is 3.32. The van der Waals surface area contributed by atoms with Crippen LogP contribution in [0.5, 0.6) is 11.5 Å². The van der Waals surface area contributed by atoms with E-state index in [-0.39, 0.29) is 11.4 Å². The van der Waals surface area contributed by atoms with Gasteiger partial charge in [0.2, 0.25) is 5.91 Å². The van der Waals surface area contributed by atoms with Crippen LogP contribution in [0.2, 0.25) is 0 Å². The maximum Gasteiger partial charge on any atom is 0.223 e. The normalized spacial score (nSPS) is 24.7. The molecule has 1 spiro atoms. The zero-order valence-corrected chi connectivity index (χ0v) is 12.1. The van der Waals surface area contributed by atoms with Gasteiger partial charge in [-0.15, -0.1) is 0 Å². The lowest BCUT2D eigenvalue weighted by atomic mass is 9.86. The summed E-state index contributed by atoms with van der Waals surface area (Å²) in [7, 11) is 1.68. The van der Waals surface area contributed by atoms with E-state index in [1.165, 1.54) is 0 Å². The zero-order valence-electron chi connectivity index (χ0n) is 12.1. The number of ether oxygens (including phenoxy) is 2. The Hall–Kier alpha value is -1.71. The Morgan fingerprint density at radius 2 is 2.30 bits per heavy atom. The van der Waals surface area contributed by atoms with Gasteiger partial charge in [0.15, 0.2) is 0 Å². The summed E-state index contributed by atoms with van der Waals surface area (Å²) in [5, 5.41) is 0. The number of benzene rings is 1. The third-order valence-electron chi connectivity index (χ3n) is 4.44. The summed E-state index contributed by atoms with van der Waals surface area (Å²) in [6, 6.07) is 5.88. The Morgan fingerprint density at radius 3 is 3.05 bits per heavy atom. The molecule has 2 aliphatic heterocycles. The molecule has 1 atom stereocenters. The molecule has 3 rings (SSSR count). The molecule has 1 amide bonds. The lowest BCUT2D eigenvalue weighted by Gasteiger charge is -2.42. The van der Waals surface area contributed by atoms with E-state index in [9.17, 15) is 4.79 Å². The predicted octanol–water partition coefficient (Wildman–Crippen LogP) is 2.40. The van der Waals surface area contributed by atoms with Crippen LogP contribution in [0, 0.1) is 0 Å². The molecule has 0 unspecified atom stereocenters. The summed E-state index contributed by atoms with van der Waals surface area (Å²) < 4.78 is 11.4. The van der Waals surface area contributed by atoms with Crippen LogP contribution in [0.1, 0.15) is 31.7 Å². The van der Waals surface area contributed by atoms with Gasteiger partial charge >= 0.3 is 0 Å². The number of carbonyl (C=O) groups excluding carboxylic acids is 1. The van der Waals surface area contributed by atoms with Crippen molar-refractivity contribution in [3.63, 3.8) is 0 Å². The number of fused-ring (bicyclic) bond motifs is 1. The van der Waals surface area contributed by atoms with E-state index in [0.717, 1.165) is 42.9 Å². The van der Waals surface area contributed by atoms with Crippen LogP contribution in [-0.2, 0) is 11.2 Å². The molecule has 4 heteroatoms. The van der Waals surface area contributed by atoms with Crippen LogP contribution in [0.15, 0.2) is 18.2 Å². The molecule has 0 N–H and O–H groups in total. The fourth-order valence-corrected chi connectivity index (χ4v) is 3.43. The molecule has 1 fully saturated rings. The van der Waals surface area contributed by atoms with Gasteiger partial charge in [-0.1, -0.05) is 13.0 Å².